The number of aliphatic carboxylic acids is 1. The van der Waals surface area contributed by atoms with E-state index in [4.69, 9.17) is 29.9 Å². The third-order valence-corrected chi connectivity index (χ3v) is 4.61. The van der Waals surface area contributed by atoms with Crippen molar-refractivity contribution in [2.75, 3.05) is 6.79 Å². The Hall–Kier alpha value is -3.34. The van der Waals surface area contributed by atoms with Crippen molar-refractivity contribution in [2.45, 2.75) is 38.6 Å². The SMILES string of the molecule is CC(N)Cc1ccc2c(c1)OCO2.N.O.O=C(O)CCC1=CCc2ccc(O)cc21.O=C=O.S. The van der Waals surface area contributed by atoms with E-state index < -0.39 is 5.97 Å². The number of phenolic OH excluding ortho intramolecular Hbond substituents is 1. The quantitative estimate of drug-likeness (QED) is 0.479. The van der Waals surface area contributed by atoms with E-state index in [2.05, 4.69) is 0 Å². The molecule has 0 spiro atoms. The van der Waals surface area contributed by atoms with Crippen LogP contribution in [-0.2, 0) is 27.2 Å². The Morgan fingerprint density at radius 1 is 1.15 bits per heavy atom. The van der Waals surface area contributed by atoms with Crippen molar-refractivity contribution in [3.63, 3.8) is 0 Å². The van der Waals surface area contributed by atoms with E-state index in [9.17, 15) is 9.90 Å². The van der Waals surface area contributed by atoms with Crippen LogP contribution >= 0.6 is 13.5 Å². The molecular formula is C23H32N2O8S. The summed E-state index contributed by atoms with van der Waals surface area (Å²) < 4.78 is 10.5. The molecule has 2 aromatic rings. The van der Waals surface area contributed by atoms with Crippen LogP contribution in [0.3, 0.4) is 0 Å². The third kappa shape index (κ3) is 10.1. The number of carboxylic acids is 1. The molecule has 1 aliphatic carbocycles. The van der Waals surface area contributed by atoms with Crippen molar-refractivity contribution in [1.29, 1.82) is 0 Å². The molecule has 1 heterocycles. The van der Waals surface area contributed by atoms with Gasteiger partial charge in [0.2, 0.25) is 6.79 Å². The number of hydrogen-bond acceptors (Lipinski definition) is 8. The zero-order valence-electron chi connectivity index (χ0n) is 18.9. The molecule has 0 saturated heterocycles. The van der Waals surface area contributed by atoms with Crippen molar-refractivity contribution in [2.24, 2.45) is 5.73 Å². The number of aromatic hydroxyl groups is 1. The van der Waals surface area contributed by atoms with Crippen LogP contribution in [0.4, 0.5) is 0 Å². The first-order chi connectivity index (χ1) is 14.8. The number of hydrogen-bond donors (Lipinski definition) is 4. The number of phenols is 1. The van der Waals surface area contributed by atoms with Gasteiger partial charge in [-0.3, -0.25) is 4.79 Å². The number of carbonyl (C=O) groups is 1. The first kappa shape index (κ1) is 32.8. The van der Waals surface area contributed by atoms with Gasteiger partial charge in [-0.05, 0) is 72.7 Å². The lowest BCUT2D eigenvalue weighted by molar-refractivity contribution is -0.191. The summed E-state index contributed by atoms with van der Waals surface area (Å²) in [5, 5.41) is 17.9. The normalized spacial score (nSPS) is 12.2. The van der Waals surface area contributed by atoms with Gasteiger partial charge in [0.15, 0.2) is 11.5 Å². The summed E-state index contributed by atoms with van der Waals surface area (Å²) >= 11 is 0. The second-order valence-electron chi connectivity index (χ2n) is 7.12. The first-order valence-electron chi connectivity index (χ1n) is 9.70. The van der Waals surface area contributed by atoms with Gasteiger partial charge in [0.1, 0.15) is 5.75 Å². The van der Waals surface area contributed by atoms with Gasteiger partial charge in [-0.1, -0.05) is 18.2 Å². The maximum Gasteiger partial charge on any atom is 0.373 e. The zero-order chi connectivity index (χ0) is 22.8. The Bertz CT molecular complexity index is 989. The van der Waals surface area contributed by atoms with Crippen molar-refractivity contribution >= 4 is 31.2 Å². The molecule has 1 unspecified atom stereocenters. The van der Waals surface area contributed by atoms with Crippen LogP contribution in [0.15, 0.2) is 42.5 Å². The molecule has 1 aliphatic heterocycles. The Labute approximate surface area is 204 Å². The number of carbonyl (C=O) groups excluding carboxylic acids is 2. The lowest BCUT2D eigenvalue weighted by Crippen LogP contribution is -2.17. The fourth-order valence-corrected chi connectivity index (χ4v) is 3.30. The average Bonchev–Trinajstić information content (AvgIpc) is 3.33. The Balaban J connectivity index is 0. The lowest BCUT2D eigenvalue weighted by atomic mass is 10.0. The molecule has 1 atom stereocenters. The molecular weight excluding hydrogens is 464 g/mol. The van der Waals surface area contributed by atoms with Crippen LogP contribution < -0.4 is 21.4 Å². The summed E-state index contributed by atoms with van der Waals surface area (Å²) in [6.45, 7) is 2.32. The van der Waals surface area contributed by atoms with Gasteiger partial charge in [0.05, 0.1) is 0 Å². The Morgan fingerprint density at radius 2 is 1.79 bits per heavy atom. The van der Waals surface area contributed by atoms with Gasteiger partial charge in [0, 0.05) is 12.5 Å². The van der Waals surface area contributed by atoms with E-state index in [1.54, 1.807) is 12.1 Å². The fourth-order valence-electron chi connectivity index (χ4n) is 3.30. The fraction of sp³-hybridized carbons (Fsp3) is 0.304. The molecule has 0 fully saturated rings. The highest BCUT2D eigenvalue weighted by Crippen LogP contribution is 2.33. The maximum atomic E-state index is 10.5. The second kappa shape index (κ2) is 16.3. The number of nitrogens with two attached hydrogens (primary N) is 1. The van der Waals surface area contributed by atoms with Crippen molar-refractivity contribution < 1.29 is 39.5 Å². The molecule has 4 rings (SSSR count). The Kier molecular flexibility index (Phi) is 15.7. The molecule has 2 aliphatic rings. The molecule has 2 aromatic carbocycles. The smallest absolute Gasteiger partial charge is 0.373 e. The first-order valence-corrected chi connectivity index (χ1v) is 9.70. The number of rotatable bonds is 5. The monoisotopic (exact) mass is 496 g/mol. The molecule has 0 radical (unpaired) electrons. The highest BCUT2D eigenvalue weighted by atomic mass is 32.1. The lowest BCUT2D eigenvalue weighted by Gasteiger charge is -2.05. The standard InChI is InChI=1S/C12H12O3.C10H13NO2.CO2.H3N.H2O.H2S/c13-10-5-3-8-1-2-9(11(8)7-10)4-6-12(14)15;1-7(11)4-8-2-3-9-10(5-8)13-6-12-9;2-1-3;;;/h2-3,5,7,13H,1,4,6H2,(H,14,15);2-3,5,7H,4,6,11H2,1H3;;1H3;2*1H2. The summed E-state index contributed by atoms with van der Waals surface area (Å²) in [4.78, 5) is 26.7. The van der Waals surface area contributed by atoms with E-state index in [0.29, 0.717) is 13.2 Å². The van der Waals surface area contributed by atoms with Crippen LogP contribution in [0.1, 0.15) is 36.5 Å². The number of benzene rings is 2. The van der Waals surface area contributed by atoms with Gasteiger partial charge in [-0.2, -0.15) is 23.1 Å². The van der Waals surface area contributed by atoms with Crippen molar-refractivity contribution in [1.82, 2.24) is 6.15 Å². The second-order valence-corrected chi connectivity index (χ2v) is 7.12. The third-order valence-electron chi connectivity index (χ3n) is 4.61. The summed E-state index contributed by atoms with van der Waals surface area (Å²) in [5.74, 6) is 1.10. The highest BCUT2D eigenvalue weighted by molar-refractivity contribution is 7.59. The van der Waals surface area contributed by atoms with Gasteiger partial charge in [-0.25, -0.2) is 0 Å². The van der Waals surface area contributed by atoms with E-state index >= 15 is 0 Å². The summed E-state index contributed by atoms with van der Waals surface area (Å²) in [6, 6.07) is 11.4. The van der Waals surface area contributed by atoms with Gasteiger partial charge in [-0.15, -0.1) is 0 Å². The average molecular weight is 497 g/mol. The molecule has 11 heteroatoms. The van der Waals surface area contributed by atoms with E-state index in [-0.39, 0.29) is 49.5 Å². The van der Waals surface area contributed by atoms with Crippen LogP contribution in [0.5, 0.6) is 17.2 Å². The minimum Gasteiger partial charge on any atom is -0.508 e. The van der Waals surface area contributed by atoms with Gasteiger partial charge in [0.25, 0.3) is 0 Å². The van der Waals surface area contributed by atoms with Crippen LogP contribution in [0, 0.1) is 0 Å². The van der Waals surface area contributed by atoms with Crippen LogP contribution in [0.2, 0.25) is 0 Å². The molecule has 34 heavy (non-hydrogen) atoms. The van der Waals surface area contributed by atoms with Crippen molar-refractivity contribution in [3.05, 3.63) is 59.2 Å². The predicted molar refractivity (Wildman–Crippen MR) is 131 cm³/mol. The summed E-state index contributed by atoms with van der Waals surface area (Å²) in [7, 11) is 0. The molecule has 9 N–H and O–H groups in total. The summed E-state index contributed by atoms with van der Waals surface area (Å²) in [6.07, 6.45) is 4.67. The van der Waals surface area contributed by atoms with Crippen LogP contribution in [-0.4, -0.2) is 40.6 Å². The molecule has 0 aromatic heterocycles. The van der Waals surface area contributed by atoms with E-state index in [1.165, 1.54) is 5.56 Å². The predicted octanol–water partition coefficient (Wildman–Crippen LogP) is 2.37. The van der Waals surface area contributed by atoms with Crippen molar-refractivity contribution in [3.8, 4) is 17.2 Å². The number of fused-ring (bicyclic) bond motifs is 2. The zero-order valence-corrected chi connectivity index (χ0v) is 19.9. The topological polar surface area (TPSA) is 203 Å². The molecule has 10 nitrogen and oxygen atoms in total. The number of ether oxygens (including phenoxy) is 2. The molecule has 0 bridgehead atoms. The van der Waals surface area contributed by atoms with Crippen LogP contribution in [0.25, 0.3) is 5.57 Å². The summed E-state index contributed by atoms with van der Waals surface area (Å²) in [5.41, 5.74) is 10.1. The minimum absolute atomic E-state index is 0. The van der Waals surface area contributed by atoms with E-state index in [1.807, 2.05) is 37.3 Å². The molecule has 0 saturated carbocycles. The highest BCUT2D eigenvalue weighted by Gasteiger charge is 2.15. The van der Waals surface area contributed by atoms with E-state index in [0.717, 1.165) is 41.0 Å². The molecule has 188 valence electrons. The largest absolute Gasteiger partial charge is 0.508 e. The molecule has 0 amide bonds. The van der Waals surface area contributed by atoms with Gasteiger partial charge >= 0.3 is 12.1 Å². The number of allylic oxidation sites excluding steroid dienone is 2. The maximum absolute atomic E-state index is 10.5. The van der Waals surface area contributed by atoms with Gasteiger partial charge < -0.3 is 37.0 Å². The number of carboxylic acid groups (broad SMARTS) is 1. The Morgan fingerprint density at radius 3 is 2.41 bits per heavy atom. The minimum atomic E-state index is -0.787.